The van der Waals surface area contributed by atoms with Crippen molar-refractivity contribution in [3.8, 4) is 17.0 Å². The summed E-state index contributed by atoms with van der Waals surface area (Å²) in [6.07, 6.45) is 1.70. The van der Waals surface area contributed by atoms with Crippen LogP contribution in [0.5, 0.6) is 5.75 Å². The van der Waals surface area contributed by atoms with Crippen molar-refractivity contribution in [2.24, 2.45) is 5.41 Å². The first kappa shape index (κ1) is 14.5. The van der Waals surface area contributed by atoms with Gasteiger partial charge in [-0.3, -0.25) is 4.79 Å². The van der Waals surface area contributed by atoms with Crippen LogP contribution in [0.4, 0.5) is 0 Å². The molecule has 1 aliphatic rings. The lowest BCUT2D eigenvalue weighted by Gasteiger charge is -2.17. The monoisotopic (exact) mass is 320 g/mol. The smallest absolute Gasteiger partial charge is 0.188 e. The molecule has 3 rings (SSSR count). The molecule has 0 saturated heterocycles. The Morgan fingerprint density at radius 2 is 2.29 bits per heavy atom. The topological polar surface area (TPSA) is 52.1 Å². The molecule has 0 spiro atoms. The third kappa shape index (κ3) is 2.96. The summed E-state index contributed by atoms with van der Waals surface area (Å²) in [6, 6.07) is 2.06. The van der Waals surface area contributed by atoms with Crippen LogP contribution in [0.15, 0.2) is 22.8 Å². The molecule has 2 aromatic heterocycles. The van der Waals surface area contributed by atoms with Crippen molar-refractivity contribution < 1.29 is 9.53 Å². The highest BCUT2D eigenvalue weighted by molar-refractivity contribution is 7.99. The number of rotatable bonds is 3. The second-order valence-electron chi connectivity index (χ2n) is 5.87. The molecule has 2 aromatic rings. The number of carbonyl (C=O) groups is 1. The summed E-state index contributed by atoms with van der Waals surface area (Å²) in [5.74, 6) is 1.30. The summed E-state index contributed by atoms with van der Waals surface area (Å²) in [5, 5.41) is 2.66. The summed E-state index contributed by atoms with van der Waals surface area (Å²) in [6.45, 7) is 6.36. The highest BCUT2D eigenvalue weighted by atomic mass is 32.2. The number of ketones is 1. The molecule has 0 fully saturated rings. The van der Waals surface area contributed by atoms with Gasteiger partial charge in [0.05, 0.1) is 16.8 Å². The average Bonchev–Trinajstić information content (AvgIpc) is 2.92. The van der Waals surface area contributed by atoms with E-state index in [1.165, 1.54) is 16.6 Å². The van der Waals surface area contributed by atoms with E-state index in [1.807, 2.05) is 26.2 Å². The van der Waals surface area contributed by atoms with E-state index in [-0.39, 0.29) is 11.2 Å². The first-order valence-corrected chi connectivity index (χ1v) is 8.54. The number of nitrogens with zero attached hydrogens (tertiary/aromatic N) is 2. The minimum atomic E-state index is -0.329. The number of aromatic nitrogens is 2. The molecule has 0 N–H and O–H groups in total. The van der Waals surface area contributed by atoms with Gasteiger partial charge in [0, 0.05) is 11.0 Å². The zero-order valence-electron chi connectivity index (χ0n) is 12.2. The van der Waals surface area contributed by atoms with Crippen molar-refractivity contribution in [2.45, 2.75) is 32.5 Å². The molecule has 0 aliphatic carbocycles. The predicted molar refractivity (Wildman–Crippen MR) is 84.9 cm³/mol. The molecule has 0 unspecified atom stereocenters. The molecule has 6 heteroatoms. The van der Waals surface area contributed by atoms with E-state index in [1.54, 1.807) is 17.5 Å². The Kier molecular flexibility index (Phi) is 3.75. The molecule has 0 amide bonds. The summed E-state index contributed by atoms with van der Waals surface area (Å²) >= 11 is 3.05. The average molecular weight is 320 g/mol. The Labute approximate surface area is 132 Å². The van der Waals surface area contributed by atoms with Gasteiger partial charge in [0.1, 0.15) is 18.1 Å². The Balaban J connectivity index is 1.81. The molecular weight excluding hydrogens is 304 g/mol. The second-order valence-corrected chi connectivity index (χ2v) is 7.82. The lowest BCUT2D eigenvalue weighted by atomic mass is 9.92. The standard InChI is InChI=1S/C15H16N2O2S2/c1-15(2,3)12(18)8-21-14-16-6-10-13(17-14)9-4-5-20-11(9)7-19-10/h4-6H,7-8H2,1-3H3. The van der Waals surface area contributed by atoms with Gasteiger partial charge in [-0.15, -0.1) is 11.3 Å². The molecule has 0 atom stereocenters. The lowest BCUT2D eigenvalue weighted by molar-refractivity contribution is -0.123. The van der Waals surface area contributed by atoms with Crippen LogP contribution < -0.4 is 4.74 Å². The molecule has 3 heterocycles. The lowest BCUT2D eigenvalue weighted by Crippen LogP contribution is -2.22. The second kappa shape index (κ2) is 5.42. The quantitative estimate of drug-likeness (QED) is 0.636. The van der Waals surface area contributed by atoms with Gasteiger partial charge in [-0.2, -0.15) is 0 Å². The van der Waals surface area contributed by atoms with Gasteiger partial charge in [-0.05, 0) is 11.4 Å². The van der Waals surface area contributed by atoms with Gasteiger partial charge in [0.2, 0.25) is 0 Å². The van der Waals surface area contributed by atoms with E-state index >= 15 is 0 Å². The summed E-state index contributed by atoms with van der Waals surface area (Å²) in [4.78, 5) is 22.0. The van der Waals surface area contributed by atoms with Gasteiger partial charge in [0.25, 0.3) is 0 Å². The SMILES string of the molecule is CC(C)(C)C(=O)CSc1ncc2c(n1)-c1ccsc1CO2. The minimum Gasteiger partial charge on any atom is -0.484 e. The molecule has 110 valence electrons. The molecule has 0 radical (unpaired) electrons. The van der Waals surface area contributed by atoms with Crippen LogP contribution in [0.2, 0.25) is 0 Å². The number of carbonyl (C=O) groups excluding carboxylic acids is 1. The normalized spacial score (nSPS) is 13.3. The fourth-order valence-corrected chi connectivity index (χ4v) is 3.64. The fraction of sp³-hybridized carbons (Fsp3) is 0.400. The van der Waals surface area contributed by atoms with Gasteiger partial charge in [-0.1, -0.05) is 32.5 Å². The van der Waals surface area contributed by atoms with E-state index in [9.17, 15) is 4.79 Å². The molecular formula is C15H16N2O2S2. The summed E-state index contributed by atoms with van der Waals surface area (Å²) < 4.78 is 5.65. The molecule has 1 aliphatic heterocycles. The van der Waals surface area contributed by atoms with Gasteiger partial charge in [0.15, 0.2) is 10.9 Å². The summed E-state index contributed by atoms with van der Waals surface area (Å²) in [5.41, 5.74) is 1.62. The Hall–Kier alpha value is -1.40. The number of Topliss-reactive ketones (excluding diaryl/α,β-unsaturated/α-hetero) is 1. The van der Waals surface area contributed by atoms with Crippen LogP contribution in [0.3, 0.4) is 0 Å². The Bertz CT molecular complexity index is 689. The summed E-state index contributed by atoms with van der Waals surface area (Å²) in [7, 11) is 0. The zero-order chi connectivity index (χ0) is 15.0. The van der Waals surface area contributed by atoms with E-state index in [4.69, 9.17) is 4.74 Å². The molecule has 0 aromatic carbocycles. The number of thiophene rings is 1. The van der Waals surface area contributed by atoms with Crippen molar-refractivity contribution >= 4 is 28.9 Å². The highest BCUT2D eigenvalue weighted by Crippen LogP contribution is 2.38. The number of hydrogen-bond acceptors (Lipinski definition) is 6. The van der Waals surface area contributed by atoms with E-state index < -0.39 is 0 Å². The van der Waals surface area contributed by atoms with E-state index in [0.717, 1.165) is 11.3 Å². The first-order chi connectivity index (χ1) is 9.95. The molecule has 4 nitrogen and oxygen atoms in total. The molecule has 21 heavy (non-hydrogen) atoms. The van der Waals surface area contributed by atoms with Crippen molar-refractivity contribution in [3.63, 3.8) is 0 Å². The van der Waals surface area contributed by atoms with Gasteiger partial charge < -0.3 is 4.74 Å². The Morgan fingerprint density at radius 1 is 1.48 bits per heavy atom. The fourth-order valence-electron chi connectivity index (χ4n) is 1.88. The van der Waals surface area contributed by atoms with Gasteiger partial charge >= 0.3 is 0 Å². The van der Waals surface area contributed by atoms with Crippen LogP contribution in [0.25, 0.3) is 11.3 Å². The highest BCUT2D eigenvalue weighted by Gasteiger charge is 2.23. The molecule has 0 saturated carbocycles. The first-order valence-electron chi connectivity index (χ1n) is 6.68. The van der Waals surface area contributed by atoms with Crippen molar-refractivity contribution in [1.29, 1.82) is 0 Å². The number of ether oxygens (including phenoxy) is 1. The van der Waals surface area contributed by atoms with Crippen LogP contribution in [0.1, 0.15) is 25.6 Å². The third-order valence-electron chi connectivity index (χ3n) is 3.26. The maximum absolute atomic E-state index is 12.0. The van der Waals surface area contributed by atoms with Crippen LogP contribution in [-0.4, -0.2) is 21.5 Å². The largest absolute Gasteiger partial charge is 0.484 e. The number of fused-ring (bicyclic) bond motifs is 3. The number of hydrogen-bond donors (Lipinski definition) is 0. The minimum absolute atomic E-state index is 0.196. The van der Waals surface area contributed by atoms with Crippen LogP contribution in [0, 0.1) is 5.41 Å². The van der Waals surface area contributed by atoms with E-state index in [0.29, 0.717) is 23.3 Å². The van der Waals surface area contributed by atoms with Gasteiger partial charge in [-0.25, -0.2) is 9.97 Å². The maximum Gasteiger partial charge on any atom is 0.188 e. The number of thioether (sulfide) groups is 1. The van der Waals surface area contributed by atoms with Crippen molar-refractivity contribution in [3.05, 3.63) is 22.5 Å². The molecule has 0 bridgehead atoms. The van der Waals surface area contributed by atoms with Crippen LogP contribution >= 0.6 is 23.1 Å². The maximum atomic E-state index is 12.0. The van der Waals surface area contributed by atoms with E-state index in [2.05, 4.69) is 16.0 Å². The zero-order valence-corrected chi connectivity index (χ0v) is 13.8. The Morgan fingerprint density at radius 3 is 3.05 bits per heavy atom. The van der Waals surface area contributed by atoms with Crippen molar-refractivity contribution in [2.75, 3.05) is 5.75 Å². The predicted octanol–water partition coefficient (Wildman–Crippen LogP) is 3.80. The third-order valence-corrected chi connectivity index (χ3v) is 5.02. The van der Waals surface area contributed by atoms with Crippen molar-refractivity contribution in [1.82, 2.24) is 9.97 Å². The van der Waals surface area contributed by atoms with Crippen LogP contribution in [-0.2, 0) is 11.4 Å².